The van der Waals surface area contributed by atoms with Crippen molar-refractivity contribution in [1.29, 1.82) is 0 Å². The maximum Gasteiger partial charge on any atom is 0.215 e. The van der Waals surface area contributed by atoms with Crippen molar-refractivity contribution < 1.29 is 13.2 Å². The number of carbonyl (C=O) groups excluding carboxylic acids is 1. The van der Waals surface area contributed by atoms with Crippen LogP contribution in [0.25, 0.3) is 0 Å². The zero-order chi connectivity index (χ0) is 19.4. The highest BCUT2D eigenvalue weighted by molar-refractivity contribution is 7.92. The van der Waals surface area contributed by atoms with Crippen LogP contribution < -0.4 is 0 Å². The molecule has 0 saturated heterocycles. The van der Waals surface area contributed by atoms with Crippen molar-refractivity contribution in [2.45, 2.75) is 5.25 Å². The van der Waals surface area contributed by atoms with E-state index in [1.165, 1.54) is 12.4 Å². The minimum absolute atomic E-state index is 0.132. The zero-order valence-electron chi connectivity index (χ0n) is 13.9. The van der Waals surface area contributed by atoms with Crippen LogP contribution in [0.4, 0.5) is 0 Å². The van der Waals surface area contributed by atoms with Crippen molar-refractivity contribution >= 4 is 38.8 Å². The van der Waals surface area contributed by atoms with Crippen LogP contribution in [-0.2, 0) is 9.84 Å². The molecule has 1 heterocycles. The smallest absolute Gasteiger partial charge is 0.215 e. The summed E-state index contributed by atoms with van der Waals surface area (Å²) in [7, 11) is -3.92. The van der Waals surface area contributed by atoms with E-state index in [0.717, 1.165) is 0 Å². The number of benzene rings is 2. The number of hydrogen-bond acceptors (Lipinski definition) is 5. The van der Waals surface area contributed by atoms with Crippen LogP contribution in [-0.4, -0.2) is 29.9 Å². The lowest BCUT2D eigenvalue weighted by atomic mass is 10.0. The van der Waals surface area contributed by atoms with Crippen molar-refractivity contribution in [3.05, 3.63) is 94.0 Å². The molecule has 2 aromatic carbocycles. The third-order valence-corrected chi connectivity index (χ3v) is 6.28. The second-order valence-electron chi connectivity index (χ2n) is 5.79. The lowest BCUT2D eigenvalue weighted by Crippen LogP contribution is -2.24. The molecule has 5 nitrogen and oxygen atoms in total. The molecule has 0 aliphatic rings. The maximum atomic E-state index is 13.1. The van der Waals surface area contributed by atoms with Gasteiger partial charge in [0.1, 0.15) is 11.0 Å². The van der Waals surface area contributed by atoms with Gasteiger partial charge in [0.15, 0.2) is 15.7 Å². The molecule has 3 rings (SSSR count). The highest BCUT2D eigenvalue weighted by Gasteiger charge is 2.32. The fraction of sp³-hybridized carbons (Fsp3) is 0.105. The molecular formula is C19H14Cl2N2O3S. The fourth-order valence-corrected chi connectivity index (χ4v) is 4.71. The summed E-state index contributed by atoms with van der Waals surface area (Å²) in [5, 5.41) is -0.0702. The second-order valence-corrected chi connectivity index (χ2v) is 8.74. The Balaban J connectivity index is 2.02. The topological polar surface area (TPSA) is 77.0 Å². The summed E-state index contributed by atoms with van der Waals surface area (Å²) in [4.78, 5) is 20.1. The average Bonchev–Trinajstić information content (AvgIpc) is 2.65. The molecule has 0 bridgehead atoms. The third kappa shape index (κ3) is 4.71. The molecule has 138 valence electrons. The maximum absolute atomic E-state index is 13.1. The van der Waals surface area contributed by atoms with Gasteiger partial charge in [0.25, 0.3) is 0 Å². The molecule has 0 N–H and O–H groups in total. The average molecular weight is 421 g/mol. The molecule has 0 radical (unpaired) electrons. The molecular weight excluding hydrogens is 407 g/mol. The van der Waals surface area contributed by atoms with Gasteiger partial charge in [0.05, 0.1) is 0 Å². The molecule has 0 amide bonds. The fourth-order valence-electron chi connectivity index (χ4n) is 2.66. The van der Waals surface area contributed by atoms with Crippen molar-refractivity contribution in [3.8, 4) is 0 Å². The van der Waals surface area contributed by atoms with Crippen molar-refractivity contribution in [2.75, 3.05) is 5.75 Å². The Morgan fingerprint density at radius 2 is 1.30 bits per heavy atom. The van der Waals surface area contributed by atoms with Crippen LogP contribution in [0, 0.1) is 0 Å². The number of halogens is 2. The second kappa shape index (κ2) is 8.17. The quantitative estimate of drug-likeness (QED) is 0.559. The summed E-state index contributed by atoms with van der Waals surface area (Å²) in [5.74, 6) is -1.51. The normalized spacial score (nSPS) is 11.5. The highest BCUT2D eigenvalue weighted by atomic mass is 35.5. The van der Waals surface area contributed by atoms with Gasteiger partial charge in [-0.1, -0.05) is 47.5 Å². The Hall–Kier alpha value is -2.28. The van der Waals surface area contributed by atoms with Gasteiger partial charge in [-0.25, -0.2) is 18.4 Å². The molecule has 0 aliphatic carbocycles. The number of hydrogen-bond donors (Lipinski definition) is 0. The highest BCUT2D eigenvalue weighted by Crippen LogP contribution is 2.32. The van der Waals surface area contributed by atoms with Gasteiger partial charge in [0, 0.05) is 22.4 Å². The third-order valence-electron chi connectivity index (χ3n) is 3.85. The molecule has 27 heavy (non-hydrogen) atoms. The van der Waals surface area contributed by atoms with E-state index < -0.39 is 26.6 Å². The summed E-state index contributed by atoms with van der Waals surface area (Å²) in [5.41, 5.74) is 1.01. The summed E-state index contributed by atoms with van der Waals surface area (Å²) >= 11 is 11.8. The number of aromatic nitrogens is 2. The molecule has 8 heteroatoms. The molecule has 3 aromatic rings. The molecule has 0 aliphatic heterocycles. The van der Waals surface area contributed by atoms with E-state index in [0.29, 0.717) is 21.2 Å². The first kappa shape index (κ1) is 19.5. The Labute approximate surface area is 166 Å². The van der Waals surface area contributed by atoms with Crippen molar-refractivity contribution in [1.82, 2.24) is 9.97 Å². The van der Waals surface area contributed by atoms with Gasteiger partial charge in [-0.15, -0.1) is 0 Å². The standard InChI is InChI=1S/C19H14Cl2N2O3S/c20-15-6-2-13(3-7-15)18(14-4-8-16(21)9-5-14)27(25,26)12-17(24)19-22-10-1-11-23-19/h1-11,18H,12H2. The minimum Gasteiger partial charge on any atom is -0.289 e. The van der Waals surface area contributed by atoms with Crippen LogP contribution in [0.3, 0.4) is 0 Å². The van der Waals surface area contributed by atoms with Gasteiger partial charge in [-0.3, -0.25) is 4.79 Å². The van der Waals surface area contributed by atoms with E-state index in [1.54, 1.807) is 54.6 Å². The van der Waals surface area contributed by atoms with E-state index in [9.17, 15) is 13.2 Å². The van der Waals surface area contributed by atoms with Crippen LogP contribution in [0.1, 0.15) is 27.0 Å². The molecule has 0 saturated carbocycles. The van der Waals surface area contributed by atoms with Crippen LogP contribution in [0.15, 0.2) is 67.0 Å². The molecule has 0 spiro atoms. The number of carbonyl (C=O) groups is 1. The van der Waals surface area contributed by atoms with E-state index >= 15 is 0 Å². The summed E-state index contributed by atoms with van der Waals surface area (Å²) < 4.78 is 26.3. The number of sulfone groups is 1. The van der Waals surface area contributed by atoms with Crippen LogP contribution in [0.5, 0.6) is 0 Å². The van der Waals surface area contributed by atoms with Crippen molar-refractivity contribution in [2.24, 2.45) is 0 Å². The first-order chi connectivity index (χ1) is 12.9. The predicted octanol–water partition coefficient (Wildman–Crippen LogP) is 4.17. The number of ketones is 1. The molecule has 1 aromatic heterocycles. The lowest BCUT2D eigenvalue weighted by Gasteiger charge is -2.18. The Morgan fingerprint density at radius 1 is 0.852 bits per heavy atom. The van der Waals surface area contributed by atoms with E-state index in [4.69, 9.17) is 23.2 Å². The van der Waals surface area contributed by atoms with Crippen LogP contribution in [0.2, 0.25) is 10.0 Å². The van der Waals surface area contributed by atoms with Gasteiger partial charge >= 0.3 is 0 Å². The minimum atomic E-state index is -3.92. The van der Waals surface area contributed by atoms with E-state index in [2.05, 4.69) is 9.97 Å². The summed E-state index contributed by atoms with van der Waals surface area (Å²) in [6.07, 6.45) is 2.78. The van der Waals surface area contributed by atoms with Gasteiger partial charge < -0.3 is 0 Å². The van der Waals surface area contributed by atoms with Gasteiger partial charge in [-0.2, -0.15) is 0 Å². The predicted molar refractivity (Wildman–Crippen MR) is 105 cm³/mol. The number of nitrogens with zero attached hydrogens (tertiary/aromatic N) is 2. The SMILES string of the molecule is O=C(CS(=O)(=O)C(c1ccc(Cl)cc1)c1ccc(Cl)cc1)c1ncccn1. The molecule has 0 unspecified atom stereocenters. The Bertz CT molecular complexity index is 993. The number of Topliss-reactive ketones (excluding diaryl/α,β-unsaturated/α-hetero) is 1. The Kier molecular flexibility index (Phi) is 5.89. The van der Waals surface area contributed by atoms with Crippen molar-refractivity contribution in [3.63, 3.8) is 0 Å². The molecule has 0 atom stereocenters. The first-order valence-corrected chi connectivity index (χ1v) is 10.4. The largest absolute Gasteiger partial charge is 0.289 e. The zero-order valence-corrected chi connectivity index (χ0v) is 16.2. The van der Waals surface area contributed by atoms with Crippen LogP contribution >= 0.6 is 23.2 Å². The van der Waals surface area contributed by atoms with E-state index in [-0.39, 0.29) is 5.82 Å². The van der Waals surface area contributed by atoms with Gasteiger partial charge in [0.2, 0.25) is 5.78 Å². The summed E-state index contributed by atoms with van der Waals surface area (Å²) in [6, 6.07) is 14.5. The summed E-state index contributed by atoms with van der Waals surface area (Å²) in [6.45, 7) is 0. The molecule has 0 fully saturated rings. The lowest BCUT2D eigenvalue weighted by molar-refractivity contribution is 0.101. The first-order valence-electron chi connectivity index (χ1n) is 7.89. The van der Waals surface area contributed by atoms with E-state index in [1.807, 2.05) is 0 Å². The Morgan fingerprint density at radius 3 is 1.74 bits per heavy atom. The number of rotatable bonds is 6. The monoisotopic (exact) mass is 420 g/mol. The van der Waals surface area contributed by atoms with Gasteiger partial charge in [-0.05, 0) is 41.5 Å².